The number of ether oxygens (including phenoxy) is 1. The minimum absolute atomic E-state index is 0.0237. The van der Waals surface area contributed by atoms with E-state index in [-0.39, 0.29) is 17.7 Å². The van der Waals surface area contributed by atoms with Crippen LogP contribution in [0.1, 0.15) is 25.7 Å². The van der Waals surface area contributed by atoms with Crippen LogP contribution in [0.4, 0.5) is 16.2 Å². The van der Waals surface area contributed by atoms with Gasteiger partial charge in [-0.25, -0.2) is 4.79 Å². The molecule has 2 rings (SSSR count). The second-order valence-corrected chi connectivity index (χ2v) is 5.15. The number of anilines is 1. The summed E-state index contributed by atoms with van der Waals surface area (Å²) >= 11 is 0. The molecule has 0 saturated heterocycles. The van der Waals surface area contributed by atoms with Gasteiger partial charge >= 0.3 is 6.09 Å². The second kappa shape index (κ2) is 7.03. The topological polar surface area (TPSA) is 107 Å². The minimum atomic E-state index is -0.547. The number of carbonyl (C=O) groups excluding carboxylic acids is 1. The molecule has 1 saturated carbocycles. The van der Waals surface area contributed by atoms with Crippen molar-refractivity contribution in [3.8, 4) is 0 Å². The summed E-state index contributed by atoms with van der Waals surface area (Å²) in [6.07, 6.45) is 3.26. The number of benzene rings is 1. The first-order valence-corrected chi connectivity index (χ1v) is 7.02. The monoisotopic (exact) mass is 293 g/mol. The molecule has 3 N–H and O–H groups in total. The van der Waals surface area contributed by atoms with Gasteiger partial charge in [0.15, 0.2) is 0 Å². The third-order valence-corrected chi connectivity index (χ3v) is 3.73. The zero-order valence-electron chi connectivity index (χ0n) is 11.7. The number of carbonyl (C=O) groups is 1. The number of nitrogens with zero attached hydrogens (tertiary/aromatic N) is 1. The highest BCUT2D eigenvalue weighted by Crippen LogP contribution is 2.26. The lowest BCUT2D eigenvalue weighted by atomic mass is 9.86. The van der Waals surface area contributed by atoms with Gasteiger partial charge in [-0.05, 0) is 37.9 Å². The molecular formula is C14H19N3O4. The predicted octanol–water partition coefficient (Wildman–Crippen LogP) is 2.66. The van der Waals surface area contributed by atoms with Crippen molar-refractivity contribution in [2.45, 2.75) is 31.8 Å². The number of nitrogens with one attached hydrogen (secondary N) is 1. The summed E-state index contributed by atoms with van der Waals surface area (Å²) in [6.45, 7) is 0.509. The average Bonchev–Trinajstić information content (AvgIpc) is 2.48. The average molecular weight is 293 g/mol. The third-order valence-electron chi connectivity index (χ3n) is 3.73. The van der Waals surface area contributed by atoms with Crippen molar-refractivity contribution >= 4 is 17.5 Å². The molecule has 1 aromatic rings. The van der Waals surface area contributed by atoms with Crippen LogP contribution in [-0.4, -0.2) is 23.7 Å². The molecule has 1 aromatic carbocycles. The Hall–Kier alpha value is -2.15. The number of nitro groups is 1. The van der Waals surface area contributed by atoms with Crippen molar-refractivity contribution in [3.63, 3.8) is 0 Å². The lowest BCUT2D eigenvalue weighted by Crippen LogP contribution is -2.35. The normalized spacial score (nSPS) is 21.6. The summed E-state index contributed by atoms with van der Waals surface area (Å²) in [7, 11) is 0. The molecule has 7 heteroatoms. The standard InChI is InChI=1S/C14H19N3O4/c15-9-10-3-1-2-4-13(10)21-14(18)16-11-5-7-12(8-6-11)17(19)20/h5-8,10,13H,1-4,9,15H2,(H,16,18). The number of nitrogens with two attached hydrogens (primary N) is 1. The SMILES string of the molecule is NCC1CCCCC1OC(=O)Nc1ccc([N+](=O)[O-])cc1. The van der Waals surface area contributed by atoms with Crippen LogP contribution in [0.3, 0.4) is 0 Å². The molecule has 2 atom stereocenters. The van der Waals surface area contributed by atoms with Gasteiger partial charge in [-0.1, -0.05) is 6.42 Å². The molecule has 0 bridgehead atoms. The van der Waals surface area contributed by atoms with Crippen LogP contribution in [0.25, 0.3) is 0 Å². The maximum atomic E-state index is 11.9. The summed E-state index contributed by atoms with van der Waals surface area (Å²) in [5, 5.41) is 13.1. The summed E-state index contributed by atoms with van der Waals surface area (Å²) in [4.78, 5) is 21.9. The zero-order chi connectivity index (χ0) is 15.2. The molecule has 1 aliphatic carbocycles. The van der Waals surface area contributed by atoms with E-state index in [1.165, 1.54) is 24.3 Å². The van der Waals surface area contributed by atoms with Gasteiger partial charge in [0.05, 0.1) is 4.92 Å². The molecular weight excluding hydrogens is 274 g/mol. The Kier molecular flexibility index (Phi) is 5.10. The molecule has 114 valence electrons. The molecule has 0 spiro atoms. The first-order valence-electron chi connectivity index (χ1n) is 7.02. The smallest absolute Gasteiger partial charge is 0.411 e. The molecule has 7 nitrogen and oxygen atoms in total. The largest absolute Gasteiger partial charge is 0.446 e. The number of non-ortho nitro benzene ring substituents is 1. The maximum absolute atomic E-state index is 11.9. The van der Waals surface area contributed by atoms with E-state index in [0.717, 1.165) is 25.7 Å². The first kappa shape index (κ1) is 15.2. The van der Waals surface area contributed by atoms with Crippen LogP contribution < -0.4 is 11.1 Å². The summed E-state index contributed by atoms with van der Waals surface area (Å²) in [5.74, 6) is 0.210. The molecule has 1 fully saturated rings. The van der Waals surface area contributed by atoms with Crippen LogP contribution in [0.5, 0.6) is 0 Å². The van der Waals surface area contributed by atoms with Gasteiger partial charge < -0.3 is 10.5 Å². The van der Waals surface area contributed by atoms with Gasteiger partial charge in [0.2, 0.25) is 0 Å². The van der Waals surface area contributed by atoms with Gasteiger partial charge in [-0.3, -0.25) is 15.4 Å². The Morgan fingerprint density at radius 1 is 1.33 bits per heavy atom. The van der Waals surface area contributed by atoms with Gasteiger partial charge in [0.1, 0.15) is 6.10 Å². The number of hydrogen-bond donors (Lipinski definition) is 2. The Labute approximate surface area is 122 Å². The highest BCUT2D eigenvalue weighted by Gasteiger charge is 2.27. The molecule has 0 radical (unpaired) electrons. The Morgan fingerprint density at radius 3 is 2.62 bits per heavy atom. The van der Waals surface area contributed by atoms with E-state index in [9.17, 15) is 14.9 Å². The fourth-order valence-electron chi connectivity index (χ4n) is 2.55. The van der Waals surface area contributed by atoms with Crippen molar-refractivity contribution in [3.05, 3.63) is 34.4 Å². The molecule has 1 aliphatic rings. The van der Waals surface area contributed by atoms with Gasteiger partial charge in [-0.2, -0.15) is 0 Å². The Balaban J connectivity index is 1.90. The summed E-state index contributed by atoms with van der Waals surface area (Å²) < 4.78 is 5.41. The summed E-state index contributed by atoms with van der Waals surface area (Å²) in [5.41, 5.74) is 6.13. The molecule has 0 aromatic heterocycles. The fourth-order valence-corrected chi connectivity index (χ4v) is 2.55. The van der Waals surface area contributed by atoms with E-state index in [1.54, 1.807) is 0 Å². The molecule has 0 heterocycles. The molecule has 0 aliphatic heterocycles. The highest BCUT2D eigenvalue weighted by atomic mass is 16.6. The molecule has 21 heavy (non-hydrogen) atoms. The lowest BCUT2D eigenvalue weighted by Gasteiger charge is -2.30. The fraction of sp³-hybridized carbons (Fsp3) is 0.500. The number of rotatable bonds is 4. The summed E-state index contributed by atoms with van der Waals surface area (Å²) in [6, 6.07) is 5.61. The predicted molar refractivity (Wildman–Crippen MR) is 78.0 cm³/mol. The van der Waals surface area contributed by atoms with Gasteiger partial charge in [0, 0.05) is 23.7 Å². The first-order chi connectivity index (χ1) is 10.1. The Morgan fingerprint density at radius 2 is 2.00 bits per heavy atom. The van der Waals surface area contributed by atoms with E-state index in [4.69, 9.17) is 10.5 Å². The van der Waals surface area contributed by atoms with Crippen molar-refractivity contribution < 1.29 is 14.5 Å². The van der Waals surface area contributed by atoms with Crippen LogP contribution in [0, 0.1) is 16.0 Å². The van der Waals surface area contributed by atoms with Crippen molar-refractivity contribution in [1.29, 1.82) is 0 Å². The van der Waals surface area contributed by atoms with Crippen molar-refractivity contribution in [2.24, 2.45) is 11.7 Å². The zero-order valence-corrected chi connectivity index (χ0v) is 11.7. The van der Waals surface area contributed by atoms with E-state index in [1.807, 2.05) is 0 Å². The van der Waals surface area contributed by atoms with Crippen LogP contribution in [-0.2, 0) is 4.74 Å². The van der Waals surface area contributed by atoms with Crippen molar-refractivity contribution in [2.75, 3.05) is 11.9 Å². The van der Waals surface area contributed by atoms with Crippen LogP contribution >= 0.6 is 0 Å². The maximum Gasteiger partial charge on any atom is 0.411 e. The van der Waals surface area contributed by atoms with Crippen LogP contribution in [0.2, 0.25) is 0 Å². The lowest BCUT2D eigenvalue weighted by molar-refractivity contribution is -0.384. The molecule has 1 amide bonds. The van der Waals surface area contributed by atoms with E-state index >= 15 is 0 Å². The van der Waals surface area contributed by atoms with E-state index < -0.39 is 11.0 Å². The molecule has 2 unspecified atom stereocenters. The number of hydrogen-bond acceptors (Lipinski definition) is 5. The third kappa shape index (κ3) is 4.16. The number of nitro benzene ring substituents is 1. The highest BCUT2D eigenvalue weighted by molar-refractivity contribution is 5.84. The Bertz CT molecular complexity index is 503. The minimum Gasteiger partial charge on any atom is -0.446 e. The second-order valence-electron chi connectivity index (χ2n) is 5.15. The quantitative estimate of drug-likeness (QED) is 0.655. The van der Waals surface area contributed by atoms with Crippen LogP contribution in [0.15, 0.2) is 24.3 Å². The van der Waals surface area contributed by atoms with E-state index in [0.29, 0.717) is 12.2 Å². The van der Waals surface area contributed by atoms with Gasteiger partial charge in [0.25, 0.3) is 5.69 Å². The van der Waals surface area contributed by atoms with Crippen molar-refractivity contribution in [1.82, 2.24) is 0 Å². The van der Waals surface area contributed by atoms with Gasteiger partial charge in [-0.15, -0.1) is 0 Å². The number of amides is 1. The van der Waals surface area contributed by atoms with E-state index in [2.05, 4.69) is 5.32 Å².